The number of urea groups is 1. The average Bonchev–Trinajstić information content (AvgIpc) is 3.42. The maximum Gasteiger partial charge on any atom is 0.320 e. The largest absolute Gasteiger partial charge is 0.378 e. The van der Waals surface area contributed by atoms with Crippen molar-refractivity contribution in [3.8, 4) is 0 Å². The molecule has 3 saturated heterocycles. The summed E-state index contributed by atoms with van der Waals surface area (Å²) in [6.07, 6.45) is 5.31. The number of amides is 2. The summed E-state index contributed by atoms with van der Waals surface area (Å²) < 4.78 is 13.1. The van der Waals surface area contributed by atoms with Crippen LogP contribution in [0.15, 0.2) is 35.7 Å². The predicted octanol–water partition coefficient (Wildman–Crippen LogP) is 2.51. The number of hydrogen-bond donors (Lipinski definition) is 1. The number of morpholine rings is 2. The lowest BCUT2D eigenvalue weighted by Crippen LogP contribution is -2.50. The van der Waals surface area contributed by atoms with Crippen LogP contribution >= 0.6 is 0 Å². The molecule has 12 heteroatoms. The Balaban J connectivity index is 1.23. The molecule has 2 amide bonds. The number of anilines is 2. The van der Waals surface area contributed by atoms with E-state index in [1.54, 1.807) is 6.21 Å². The number of ether oxygens (including phenoxy) is 2. The highest BCUT2D eigenvalue weighted by atomic mass is 16.5. The van der Waals surface area contributed by atoms with Gasteiger partial charge in [0, 0.05) is 45.3 Å². The molecule has 0 spiro atoms. The van der Waals surface area contributed by atoms with Crippen LogP contribution < -0.4 is 10.3 Å². The minimum Gasteiger partial charge on any atom is -0.378 e. The van der Waals surface area contributed by atoms with Crippen LogP contribution in [0, 0.1) is 6.92 Å². The molecule has 3 aliphatic heterocycles. The minimum absolute atomic E-state index is 0.113. The van der Waals surface area contributed by atoms with Crippen LogP contribution in [-0.2, 0) is 9.47 Å². The average molecular weight is 534 g/mol. The Morgan fingerprint density at radius 1 is 1.00 bits per heavy atom. The second-order valence-corrected chi connectivity index (χ2v) is 10.2. The molecule has 3 aromatic rings. The Kier molecular flexibility index (Phi) is 7.55. The molecule has 6 rings (SSSR count). The molecular formula is C27H35N9O3. The molecule has 1 aromatic carbocycles. The first-order valence-electron chi connectivity index (χ1n) is 13.7. The number of hydrogen-bond acceptors (Lipinski definition) is 9. The number of aryl methyl sites for hydroxylation is 1. The molecule has 0 bridgehead atoms. The van der Waals surface area contributed by atoms with Gasteiger partial charge in [-0.25, -0.2) is 9.78 Å². The van der Waals surface area contributed by atoms with E-state index in [-0.39, 0.29) is 12.1 Å². The molecule has 12 nitrogen and oxygen atoms in total. The van der Waals surface area contributed by atoms with Crippen molar-refractivity contribution >= 4 is 35.2 Å². The van der Waals surface area contributed by atoms with Gasteiger partial charge in [0.25, 0.3) is 0 Å². The van der Waals surface area contributed by atoms with E-state index >= 15 is 0 Å². The third-order valence-electron chi connectivity index (χ3n) is 7.54. The van der Waals surface area contributed by atoms with Gasteiger partial charge in [0.2, 0.25) is 5.95 Å². The molecule has 0 unspecified atom stereocenters. The number of likely N-dealkylation sites (tertiary alicyclic amines) is 1. The summed E-state index contributed by atoms with van der Waals surface area (Å²) in [7, 11) is 0. The third kappa shape index (κ3) is 5.66. The summed E-state index contributed by atoms with van der Waals surface area (Å²) >= 11 is 0. The van der Waals surface area contributed by atoms with E-state index in [1.165, 1.54) is 5.56 Å². The van der Waals surface area contributed by atoms with Gasteiger partial charge in [-0.3, -0.25) is 5.43 Å². The van der Waals surface area contributed by atoms with E-state index in [2.05, 4.69) is 39.1 Å². The van der Waals surface area contributed by atoms with E-state index in [0.717, 1.165) is 37.1 Å². The number of carbonyl (C=O) groups is 1. The van der Waals surface area contributed by atoms with Crippen molar-refractivity contribution in [2.75, 3.05) is 76.0 Å². The molecular weight excluding hydrogens is 498 g/mol. The second-order valence-electron chi connectivity index (χ2n) is 10.2. The quantitative estimate of drug-likeness (QED) is 0.393. The Morgan fingerprint density at radius 3 is 2.46 bits per heavy atom. The number of nitrogens with zero attached hydrogens (tertiary/aromatic N) is 8. The summed E-state index contributed by atoms with van der Waals surface area (Å²) in [5.41, 5.74) is 6.76. The lowest BCUT2D eigenvalue weighted by atomic mass is 10.1. The molecule has 206 valence electrons. The SMILES string of the molecule is Cc1cccc(/C=N/Nc2nc(N3CCOCC3)nc3c2ncn3C2CCN(C(=O)N3CCOCC3)CC2)c1. The fraction of sp³-hybridized carbons (Fsp3) is 0.519. The first kappa shape index (κ1) is 25.5. The molecule has 5 heterocycles. The van der Waals surface area contributed by atoms with E-state index in [0.29, 0.717) is 69.9 Å². The fourth-order valence-electron chi connectivity index (χ4n) is 5.36. The van der Waals surface area contributed by atoms with E-state index < -0.39 is 0 Å². The number of imidazole rings is 1. The van der Waals surface area contributed by atoms with Crippen molar-refractivity contribution in [3.63, 3.8) is 0 Å². The van der Waals surface area contributed by atoms with Crippen molar-refractivity contribution in [3.05, 3.63) is 41.7 Å². The molecule has 0 atom stereocenters. The molecule has 3 fully saturated rings. The monoisotopic (exact) mass is 533 g/mol. The van der Waals surface area contributed by atoms with Crippen LogP contribution in [-0.4, -0.2) is 107 Å². The van der Waals surface area contributed by atoms with E-state index in [4.69, 9.17) is 24.4 Å². The number of rotatable bonds is 5. The fourth-order valence-corrected chi connectivity index (χ4v) is 5.36. The van der Waals surface area contributed by atoms with Gasteiger partial charge in [0.05, 0.1) is 39.0 Å². The number of fused-ring (bicyclic) bond motifs is 1. The Morgan fingerprint density at radius 2 is 1.72 bits per heavy atom. The molecule has 2 aromatic heterocycles. The minimum atomic E-state index is 0.113. The summed E-state index contributed by atoms with van der Waals surface area (Å²) in [4.78, 5) is 33.4. The highest BCUT2D eigenvalue weighted by Gasteiger charge is 2.29. The Bertz CT molecular complexity index is 1320. The maximum atomic E-state index is 13.0. The zero-order chi connectivity index (χ0) is 26.6. The van der Waals surface area contributed by atoms with Crippen LogP contribution in [0.25, 0.3) is 11.2 Å². The van der Waals surface area contributed by atoms with Gasteiger partial charge < -0.3 is 28.7 Å². The summed E-state index contributed by atoms with van der Waals surface area (Å²) in [5.74, 6) is 1.21. The van der Waals surface area contributed by atoms with Gasteiger partial charge in [-0.15, -0.1) is 0 Å². The zero-order valence-electron chi connectivity index (χ0n) is 22.3. The Labute approximate surface area is 227 Å². The standard InChI is InChI=1S/C27H35N9O3/c1-20-3-2-4-21(17-20)18-29-32-24-23-25(31-26(30-24)33-9-13-38-14-10-33)36(19-28-23)22-5-7-34(8-6-22)27(37)35-11-15-39-16-12-35/h2-4,17-19,22H,5-16H2,1H3,(H,30,31,32)/b29-18+. The van der Waals surface area contributed by atoms with Crippen molar-refractivity contribution in [2.24, 2.45) is 5.10 Å². The second kappa shape index (κ2) is 11.5. The zero-order valence-corrected chi connectivity index (χ0v) is 22.3. The third-order valence-corrected chi connectivity index (χ3v) is 7.54. The van der Waals surface area contributed by atoms with Gasteiger partial charge in [-0.2, -0.15) is 15.1 Å². The normalized spacial score (nSPS) is 19.3. The molecule has 3 aliphatic rings. The van der Waals surface area contributed by atoms with Gasteiger partial charge in [-0.1, -0.05) is 29.8 Å². The van der Waals surface area contributed by atoms with E-state index in [9.17, 15) is 4.79 Å². The number of carbonyl (C=O) groups excluding carboxylic acids is 1. The van der Waals surface area contributed by atoms with Crippen molar-refractivity contribution < 1.29 is 14.3 Å². The van der Waals surface area contributed by atoms with Gasteiger partial charge in [-0.05, 0) is 25.3 Å². The molecule has 0 aliphatic carbocycles. The molecule has 39 heavy (non-hydrogen) atoms. The lowest BCUT2D eigenvalue weighted by Gasteiger charge is -2.37. The van der Waals surface area contributed by atoms with Crippen molar-refractivity contribution in [1.82, 2.24) is 29.3 Å². The first-order chi connectivity index (χ1) is 19.2. The van der Waals surface area contributed by atoms with Gasteiger partial charge in [0.1, 0.15) is 0 Å². The van der Waals surface area contributed by atoms with Crippen LogP contribution in [0.3, 0.4) is 0 Å². The van der Waals surface area contributed by atoms with Crippen LogP contribution in [0.2, 0.25) is 0 Å². The highest BCUT2D eigenvalue weighted by molar-refractivity contribution is 5.86. The Hall–Kier alpha value is -3.77. The topological polar surface area (TPSA) is 113 Å². The molecule has 0 radical (unpaired) electrons. The van der Waals surface area contributed by atoms with Crippen LogP contribution in [0.4, 0.5) is 16.6 Å². The van der Waals surface area contributed by atoms with E-state index in [1.807, 2.05) is 28.3 Å². The number of aromatic nitrogens is 4. The van der Waals surface area contributed by atoms with Crippen molar-refractivity contribution in [1.29, 1.82) is 0 Å². The number of nitrogens with one attached hydrogen (secondary N) is 1. The predicted molar refractivity (Wildman–Crippen MR) is 148 cm³/mol. The van der Waals surface area contributed by atoms with Crippen LogP contribution in [0.5, 0.6) is 0 Å². The summed E-state index contributed by atoms with van der Waals surface area (Å²) in [6, 6.07) is 8.46. The smallest absolute Gasteiger partial charge is 0.320 e. The number of hydrazone groups is 1. The highest BCUT2D eigenvalue weighted by Crippen LogP contribution is 2.30. The number of benzene rings is 1. The van der Waals surface area contributed by atoms with Gasteiger partial charge in [0.15, 0.2) is 17.0 Å². The number of piperidine rings is 1. The molecule has 1 N–H and O–H groups in total. The maximum absolute atomic E-state index is 13.0. The van der Waals surface area contributed by atoms with Crippen LogP contribution in [0.1, 0.15) is 30.0 Å². The van der Waals surface area contributed by atoms with Gasteiger partial charge >= 0.3 is 6.03 Å². The summed E-state index contributed by atoms with van der Waals surface area (Å²) in [5, 5.41) is 4.47. The first-order valence-corrected chi connectivity index (χ1v) is 13.7. The molecule has 0 saturated carbocycles. The summed E-state index contributed by atoms with van der Waals surface area (Å²) in [6.45, 7) is 8.75. The van der Waals surface area contributed by atoms with Crippen molar-refractivity contribution in [2.45, 2.75) is 25.8 Å². The lowest BCUT2D eigenvalue weighted by molar-refractivity contribution is 0.0403.